The monoisotopic (exact) mass is 258 g/mol. The van der Waals surface area contributed by atoms with Crippen LogP contribution in [0.5, 0.6) is 0 Å². The third-order valence-corrected chi connectivity index (χ3v) is 3.86. The second kappa shape index (κ2) is 4.73. The van der Waals surface area contributed by atoms with E-state index in [9.17, 15) is 8.42 Å². The zero-order chi connectivity index (χ0) is 12.3. The maximum absolute atomic E-state index is 11.6. The number of anilines is 1. The van der Waals surface area contributed by atoms with Gasteiger partial charge in [0.15, 0.2) is 5.25 Å². The van der Waals surface area contributed by atoms with Crippen LogP contribution < -0.4 is 4.72 Å². The van der Waals surface area contributed by atoms with Crippen LogP contribution in [-0.2, 0) is 10.0 Å². The Balaban J connectivity index is 3.03. The van der Waals surface area contributed by atoms with Crippen molar-refractivity contribution in [2.75, 3.05) is 4.72 Å². The van der Waals surface area contributed by atoms with Crippen molar-refractivity contribution in [2.45, 2.75) is 19.1 Å². The van der Waals surface area contributed by atoms with E-state index in [0.717, 1.165) is 0 Å². The first-order valence-corrected chi connectivity index (χ1v) is 6.46. The molecule has 0 bridgehead atoms. The fourth-order valence-electron chi connectivity index (χ4n) is 1.05. The Bertz CT molecular complexity index is 534. The van der Waals surface area contributed by atoms with Gasteiger partial charge < -0.3 is 0 Å². The van der Waals surface area contributed by atoms with Crippen LogP contribution in [0.4, 0.5) is 5.69 Å². The van der Waals surface area contributed by atoms with E-state index < -0.39 is 15.3 Å². The average Bonchev–Trinajstić information content (AvgIpc) is 2.21. The Morgan fingerprint density at radius 2 is 2.12 bits per heavy atom. The topological polar surface area (TPSA) is 70.0 Å². The van der Waals surface area contributed by atoms with Crippen LogP contribution in [0.3, 0.4) is 0 Å². The van der Waals surface area contributed by atoms with Gasteiger partial charge in [-0.1, -0.05) is 11.6 Å². The molecule has 16 heavy (non-hydrogen) atoms. The van der Waals surface area contributed by atoms with Gasteiger partial charge >= 0.3 is 0 Å². The first kappa shape index (κ1) is 12.8. The first-order valence-electron chi connectivity index (χ1n) is 4.54. The molecule has 0 spiro atoms. The number of sulfonamides is 1. The molecule has 1 atom stereocenters. The molecule has 1 aromatic carbocycles. The van der Waals surface area contributed by atoms with E-state index in [1.165, 1.54) is 6.92 Å². The summed E-state index contributed by atoms with van der Waals surface area (Å²) in [6, 6.07) is 6.48. The lowest BCUT2D eigenvalue weighted by Crippen LogP contribution is -2.24. The molecule has 0 fully saturated rings. The lowest BCUT2D eigenvalue weighted by Gasteiger charge is -2.11. The molecule has 1 N–H and O–H groups in total. The Hall–Kier alpha value is -1.25. The van der Waals surface area contributed by atoms with Gasteiger partial charge in [0.1, 0.15) is 0 Å². The van der Waals surface area contributed by atoms with Crippen LogP contribution in [0.1, 0.15) is 12.5 Å². The van der Waals surface area contributed by atoms with Gasteiger partial charge in [-0.2, -0.15) is 5.26 Å². The summed E-state index contributed by atoms with van der Waals surface area (Å²) in [5.41, 5.74) is 1.15. The van der Waals surface area contributed by atoms with Crippen molar-refractivity contribution in [2.24, 2.45) is 0 Å². The molecule has 1 unspecified atom stereocenters. The summed E-state index contributed by atoms with van der Waals surface area (Å²) in [6.45, 7) is 3.06. The van der Waals surface area contributed by atoms with Crippen molar-refractivity contribution >= 4 is 27.3 Å². The van der Waals surface area contributed by atoms with Crippen molar-refractivity contribution in [3.63, 3.8) is 0 Å². The minimum Gasteiger partial charge on any atom is -0.282 e. The number of halogens is 1. The number of nitriles is 1. The van der Waals surface area contributed by atoms with E-state index >= 15 is 0 Å². The molecule has 86 valence electrons. The van der Waals surface area contributed by atoms with Crippen molar-refractivity contribution in [3.8, 4) is 6.07 Å². The van der Waals surface area contributed by atoms with E-state index in [1.54, 1.807) is 31.2 Å². The van der Waals surface area contributed by atoms with Gasteiger partial charge in [-0.25, -0.2) is 8.42 Å². The highest BCUT2D eigenvalue weighted by atomic mass is 35.5. The minimum atomic E-state index is -3.65. The van der Waals surface area contributed by atoms with Gasteiger partial charge in [0.25, 0.3) is 0 Å². The molecule has 0 heterocycles. The summed E-state index contributed by atoms with van der Waals surface area (Å²) < 4.78 is 25.6. The molecule has 0 aromatic heterocycles. The SMILES string of the molecule is Cc1cc(Cl)ccc1NS(=O)(=O)C(C)C#N. The van der Waals surface area contributed by atoms with Gasteiger partial charge in [0.2, 0.25) is 10.0 Å². The molecule has 4 nitrogen and oxygen atoms in total. The Labute approximate surface area is 99.9 Å². The Morgan fingerprint density at radius 3 is 2.62 bits per heavy atom. The van der Waals surface area contributed by atoms with Crippen molar-refractivity contribution in [1.29, 1.82) is 5.26 Å². The van der Waals surface area contributed by atoms with Crippen LogP contribution in [-0.4, -0.2) is 13.7 Å². The highest BCUT2D eigenvalue weighted by Crippen LogP contribution is 2.21. The van der Waals surface area contributed by atoms with Gasteiger partial charge in [-0.05, 0) is 37.6 Å². The standard InChI is InChI=1S/C10H11ClN2O2S/c1-7-5-9(11)3-4-10(7)13-16(14,15)8(2)6-12/h3-5,8,13H,1-2H3. The summed E-state index contributed by atoms with van der Waals surface area (Å²) in [5, 5.41) is 8.01. The van der Waals surface area contributed by atoms with E-state index in [1.807, 2.05) is 0 Å². The predicted octanol–water partition coefficient (Wildman–Crippen LogP) is 2.30. The number of hydrogen-bond donors (Lipinski definition) is 1. The zero-order valence-corrected chi connectivity index (χ0v) is 10.4. The second-order valence-electron chi connectivity index (χ2n) is 3.38. The highest BCUT2D eigenvalue weighted by molar-refractivity contribution is 7.93. The molecular weight excluding hydrogens is 248 g/mol. The van der Waals surface area contributed by atoms with E-state index in [0.29, 0.717) is 16.3 Å². The van der Waals surface area contributed by atoms with Crippen LogP contribution in [0.2, 0.25) is 5.02 Å². The molecular formula is C10H11ClN2O2S. The molecule has 0 amide bonds. The Morgan fingerprint density at radius 1 is 1.50 bits per heavy atom. The summed E-state index contributed by atoms with van der Waals surface area (Å²) in [6.07, 6.45) is 0. The number of nitrogens with zero attached hydrogens (tertiary/aromatic N) is 1. The molecule has 0 radical (unpaired) electrons. The maximum Gasteiger partial charge on any atom is 0.248 e. The number of aryl methyl sites for hydroxylation is 1. The predicted molar refractivity (Wildman–Crippen MR) is 63.8 cm³/mol. The quantitative estimate of drug-likeness (QED) is 0.904. The van der Waals surface area contributed by atoms with E-state index in [2.05, 4.69) is 4.72 Å². The van der Waals surface area contributed by atoms with Crippen molar-refractivity contribution < 1.29 is 8.42 Å². The van der Waals surface area contributed by atoms with Crippen LogP contribution in [0.25, 0.3) is 0 Å². The molecule has 0 saturated carbocycles. The van der Waals surface area contributed by atoms with Crippen LogP contribution in [0.15, 0.2) is 18.2 Å². The molecule has 0 aliphatic rings. The van der Waals surface area contributed by atoms with Crippen molar-refractivity contribution in [1.82, 2.24) is 0 Å². The largest absolute Gasteiger partial charge is 0.282 e. The Kier molecular flexibility index (Phi) is 3.79. The summed E-state index contributed by atoms with van der Waals surface area (Å²) in [5.74, 6) is 0. The molecule has 0 aliphatic heterocycles. The summed E-state index contributed by atoms with van der Waals surface area (Å²) in [4.78, 5) is 0. The van der Waals surface area contributed by atoms with Gasteiger partial charge in [-0.15, -0.1) is 0 Å². The lowest BCUT2D eigenvalue weighted by atomic mass is 10.2. The zero-order valence-electron chi connectivity index (χ0n) is 8.86. The highest BCUT2D eigenvalue weighted by Gasteiger charge is 2.20. The van der Waals surface area contributed by atoms with Gasteiger partial charge in [0.05, 0.1) is 11.8 Å². The minimum absolute atomic E-state index is 0.437. The average molecular weight is 259 g/mol. The molecule has 6 heteroatoms. The first-order chi connectivity index (χ1) is 7.36. The third kappa shape index (κ3) is 2.87. The number of nitrogens with one attached hydrogen (secondary N) is 1. The number of benzene rings is 1. The molecule has 1 rings (SSSR count). The van der Waals surface area contributed by atoms with Crippen LogP contribution in [0, 0.1) is 18.3 Å². The molecule has 0 saturated heterocycles. The molecule has 0 aliphatic carbocycles. The number of hydrogen-bond acceptors (Lipinski definition) is 3. The fraction of sp³-hybridized carbons (Fsp3) is 0.300. The number of rotatable bonds is 3. The normalized spacial score (nSPS) is 12.9. The lowest BCUT2D eigenvalue weighted by molar-refractivity contribution is 0.597. The van der Waals surface area contributed by atoms with Gasteiger partial charge in [-0.3, -0.25) is 4.72 Å². The smallest absolute Gasteiger partial charge is 0.248 e. The third-order valence-electron chi connectivity index (χ3n) is 2.09. The van der Waals surface area contributed by atoms with Crippen molar-refractivity contribution in [3.05, 3.63) is 28.8 Å². The second-order valence-corrected chi connectivity index (χ2v) is 5.82. The maximum atomic E-state index is 11.6. The van der Waals surface area contributed by atoms with E-state index in [-0.39, 0.29) is 0 Å². The summed E-state index contributed by atoms with van der Waals surface area (Å²) in [7, 11) is -3.65. The summed E-state index contributed by atoms with van der Waals surface area (Å²) >= 11 is 5.75. The van der Waals surface area contributed by atoms with Gasteiger partial charge in [0, 0.05) is 5.02 Å². The van der Waals surface area contributed by atoms with Crippen LogP contribution >= 0.6 is 11.6 Å². The van der Waals surface area contributed by atoms with E-state index in [4.69, 9.17) is 16.9 Å². The molecule has 1 aromatic rings. The fourth-order valence-corrected chi connectivity index (χ4v) is 2.13.